The number of nitrogens with one attached hydrogen (secondary N) is 1. The van der Waals surface area contributed by atoms with Crippen LogP contribution in [0.25, 0.3) is 0 Å². The van der Waals surface area contributed by atoms with Crippen LogP contribution in [0.4, 0.5) is 0 Å². The number of guanidine groups is 1. The lowest BCUT2D eigenvalue weighted by Crippen LogP contribution is -2.35. The number of nitrogens with zero attached hydrogens (tertiary/aromatic N) is 3. The molecule has 1 heterocycles. The van der Waals surface area contributed by atoms with E-state index in [0.29, 0.717) is 23.4 Å². The van der Waals surface area contributed by atoms with Crippen molar-refractivity contribution in [3.8, 4) is 0 Å². The number of hydrogen-bond acceptors (Lipinski definition) is 3. The first-order chi connectivity index (χ1) is 8.08. The van der Waals surface area contributed by atoms with Crippen molar-refractivity contribution in [2.45, 2.75) is 32.4 Å². The molecule has 1 fully saturated rings. The molecule has 1 aliphatic carbocycles. The van der Waals surface area contributed by atoms with Gasteiger partial charge in [0.25, 0.3) is 5.56 Å². The van der Waals surface area contributed by atoms with E-state index in [-0.39, 0.29) is 36.1 Å². The van der Waals surface area contributed by atoms with E-state index in [1.54, 1.807) is 13.1 Å². The standard InChI is InChI=1S/C11H17N5O.HI/c1-7-13-5-8(10(17)15-7)6-14-11(12)16(2)9-3-4-9;/h5,9H,3-4,6H2,1-2H3,(H2,12,14)(H,13,15,17);1H. The minimum absolute atomic E-state index is 0. The highest BCUT2D eigenvalue weighted by Gasteiger charge is 2.27. The highest BCUT2D eigenvalue weighted by molar-refractivity contribution is 14.0. The van der Waals surface area contributed by atoms with Crippen LogP contribution >= 0.6 is 24.0 Å². The van der Waals surface area contributed by atoms with Crippen LogP contribution in [0.3, 0.4) is 0 Å². The van der Waals surface area contributed by atoms with E-state index in [4.69, 9.17) is 5.73 Å². The third-order valence-corrected chi connectivity index (χ3v) is 2.87. The van der Waals surface area contributed by atoms with Crippen LogP contribution in [0, 0.1) is 6.92 Å². The summed E-state index contributed by atoms with van der Waals surface area (Å²) in [5.41, 5.74) is 6.21. The molecule has 6 nitrogen and oxygen atoms in total. The van der Waals surface area contributed by atoms with Gasteiger partial charge in [0.15, 0.2) is 5.96 Å². The molecule has 2 rings (SSSR count). The average molecular weight is 363 g/mol. The Hall–Kier alpha value is -1.12. The summed E-state index contributed by atoms with van der Waals surface area (Å²) in [6.07, 6.45) is 3.88. The Labute approximate surface area is 123 Å². The number of hydrogen-bond donors (Lipinski definition) is 2. The van der Waals surface area contributed by atoms with Crippen molar-refractivity contribution >= 4 is 29.9 Å². The molecule has 1 aliphatic rings. The number of aliphatic imine (C=N–C) groups is 1. The van der Waals surface area contributed by atoms with Gasteiger partial charge in [-0.05, 0) is 19.8 Å². The van der Waals surface area contributed by atoms with Crippen LogP contribution in [0.1, 0.15) is 24.2 Å². The lowest BCUT2D eigenvalue weighted by atomic mass is 10.3. The van der Waals surface area contributed by atoms with E-state index < -0.39 is 0 Å². The van der Waals surface area contributed by atoms with Gasteiger partial charge in [-0.1, -0.05) is 0 Å². The summed E-state index contributed by atoms with van der Waals surface area (Å²) in [5.74, 6) is 1.08. The predicted molar refractivity (Wildman–Crippen MR) is 81.1 cm³/mol. The van der Waals surface area contributed by atoms with E-state index >= 15 is 0 Å². The Morgan fingerprint density at radius 2 is 2.33 bits per heavy atom. The van der Waals surface area contributed by atoms with E-state index in [0.717, 1.165) is 0 Å². The zero-order valence-electron chi connectivity index (χ0n) is 10.5. The number of H-pyrrole nitrogens is 1. The number of rotatable bonds is 3. The van der Waals surface area contributed by atoms with Gasteiger partial charge in [0.05, 0.1) is 12.1 Å². The van der Waals surface area contributed by atoms with Crippen LogP contribution in [-0.4, -0.2) is 33.9 Å². The molecular formula is C11H18IN5O. The molecule has 7 heteroatoms. The predicted octanol–water partition coefficient (Wildman–Crippen LogP) is 0.605. The van der Waals surface area contributed by atoms with Crippen LogP contribution in [-0.2, 0) is 6.54 Å². The topological polar surface area (TPSA) is 87.4 Å². The molecule has 0 atom stereocenters. The molecule has 0 saturated heterocycles. The zero-order chi connectivity index (χ0) is 12.4. The summed E-state index contributed by atoms with van der Waals surface area (Å²) in [6.45, 7) is 2.01. The van der Waals surface area contributed by atoms with Crippen LogP contribution in [0.15, 0.2) is 16.0 Å². The molecule has 0 aliphatic heterocycles. The second kappa shape index (κ2) is 6.17. The monoisotopic (exact) mass is 363 g/mol. The smallest absolute Gasteiger partial charge is 0.255 e. The van der Waals surface area contributed by atoms with Gasteiger partial charge in [-0.25, -0.2) is 9.98 Å². The number of halogens is 1. The fourth-order valence-corrected chi connectivity index (χ4v) is 1.55. The zero-order valence-corrected chi connectivity index (χ0v) is 12.8. The Kier molecular flexibility index (Phi) is 5.12. The van der Waals surface area contributed by atoms with Gasteiger partial charge in [-0.15, -0.1) is 24.0 Å². The molecule has 1 aromatic heterocycles. The van der Waals surface area contributed by atoms with Gasteiger partial charge in [0.2, 0.25) is 0 Å². The molecule has 0 bridgehead atoms. The van der Waals surface area contributed by atoms with Crippen LogP contribution in [0.5, 0.6) is 0 Å². The Morgan fingerprint density at radius 3 is 2.89 bits per heavy atom. The normalized spacial score (nSPS) is 15.1. The van der Waals surface area contributed by atoms with Gasteiger partial charge in [0, 0.05) is 19.3 Å². The number of nitrogens with two attached hydrogens (primary N) is 1. The third kappa shape index (κ3) is 3.69. The van der Waals surface area contributed by atoms with Gasteiger partial charge in [-0.2, -0.15) is 0 Å². The molecule has 18 heavy (non-hydrogen) atoms. The van der Waals surface area contributed by atoms with Crippen molar-refractivity contribution in [2.75, 3.05) is 7.05 Å². The highest BCUT2D eigenvalue weighted by atomic mass is 127. The number of aromatic nitrogens is 2. The van der Waals surface area contributed by atoms with E-state index in [2.05, 4.69) is 15.0 Å². The second-order valence-electron chi connectivity index (χ2n) is 4.34. The summed E-state index contributed by atoms with van der Waals surface area (Å²) in [6, 6.07) is 0.521. The molecule has 0 unspecified atom stereocenters. The van der Waals surface area contributed by atoms with Crippen molar-refractivity contribution < 1.29 is 0 Å². The Morgan fingerprint density at radius 1 is 1.67 bits per heavy atom. The number of aryl methyl sites for hydroxylation is 1. The first-order valence-electron chi connectivity index (χ1n) is 5.65. The van der Waals surface area contributed by atoms with E-state index in [1.165, 1.54) is 12.8 Å². The van der Waals surface area contributed by atoms with Gasteiger partial charge < -0.3 is 15.6 Å². The summed E-state index contributed by atoms with van der Waals surface area (Å²) < 4.78 is 0. The molecular weight excluding hydrogens is 345 g/mol. The molecule has 0 amide bonds. The van der Waals surface area contributed by atoms with Gasteiger partial charge in [0.1, 0.15) is 5.82 Å². The van der Waals surface area contributed by atoms with Crippen molar-refractivity contribution in [3.05, 3.63) is 27.9 Å². The van der Waals surface area contributed by atoms with Crippen LogP contribution in [0.2, 0.25) is 0 Å². The second-order valence-corrected chi connectivity index (χ2v) is 4.34. The van der Waals surface area contributed by atoms with Gasteiger partial charge >= 0.3 is 0 Å². The molecule has 0 radical (unpaired) electrons. The molecule has 3 N–H and O–H groups in total. The molecule has 1 aromatic rings. The quantitative estimate of drug-likeness (QED) is 0.468. The molecule has 0 aromatic carbocycles. The maximum atomic E-state index is 11.5. The number of aromatic amines is 1. The minimum atomic E-state index is -0.150. The SMILES string of the molecule is Cc1ncc(CN=C(N)N(C)C2CC2)c(=O)[nH]1.I. The third-order valence-electron chi connectivity index (χ3n) is 2.87. The van der Waals surface area contributed by atoms with Gasteiger partial charge in [-0.3, -0.25) is 4.79 Å². The molecule has 0 spiro atoms. The first-order valence-corrected chi connectivity index (χ1v) is 5.65. The van der Waals surface area contributed by atoms with Crippen molar-refractivity contribution in [2.24, 2.45) is 10.7 Å². The fourth-order valence-electron chi connectivity index (χ4n) is 1.55. The summed E-state index contributed by atoms with van der Waals surface area (Å²) in [5, 5.41) is 0. The molecule has 100 valence electrons. The maximum absolute atomic E-state index is 11.5. The largest absolute Gasteiger partial charge is 0.370 e. The summed E-state index contributed by atoms with van der Waals surface area (Å²) >= 11 is 0. The maximum Gasteiger partial charge on any atom is 0.255 e. The lowest BCUT2D eigenvalue weighted by Gasteiger charge is -2.16. The van der Waals surface area contributed by atoms with E-state index in [9.17, 15) is 4.79 Å². The lowest BCUT2D eigenvalue weighted by molar-refractivity contribution is 0.487. The van der Waals surface area contributed by atoms with Crippen molar-refractivity contribution in [3.63, 3.8) is 0 Å². The summed E-state index contributed by atoms with van der Waals surface area (Å²) in [7, 11) is 1.92. The van der Waals surface area contributed by atoms with Crippen molar-refractivity contribution in [1.29, 1.82) is 0 Å². The molecule has 1 saturated carbocycles. The Balaban J connectivity index is 0.00000162. The minimum Gasteiger partial charge on any atom is -0.370 e. The van der Waals surface area contributed by atoms with Crippen LogP contribution < -0.4 is 11.3 Å². The van der Waals surface area contributed by atoms with Crippen molar-refractivity contribution in [1.82, 2.24) is 14.9 Å². The fraction of sp³-hybridized carbons (Fsp3) is 0.545. The highest BCUT2D eigenvalue weighted by Crippen LogP contribution is 2.24. The summed E-state index contributed by atoms with van der Waals surface area (Å²) in [4.78, 5) is 24.4. The Bertz CT molecular complexity index is 494. The first kappa shape index (κ1) is 14.9. The average Bonchev–Trinajstić information content (AvgIpc) is 3.10. The van der Waals surface area contributed by atoms with E-state index in [1.807, 2.05) is 11.9 Å².